The third-order valence-electron chi connectivity index (χ3n) is 6.38. The van der Waals surface area contributed by atoms with Gasteiger partial charge in [0.25, 0.3) is 15.6 Å². The van der Waals surface area contributed by atoms with Crippen LogP contribution in [0.25, 0.3) is 22.7 Å². The van der Waals surface area contributed by atoms with Crippen LogP contribution in [-0.4, -0.2) is 32.4 Å². The molecule has 0 aliphatic heterocycles. The number of ether oxygens (including phenoxy) is 2. The molecule has 0 amide bonds. The monoisotopic (exact) mass is 577 g/mol. The molecular weight excluding hydrogens is 554 g/mol. The summed E-state index contributed by atoms with van der Waals surface area (Å²) in [6, 6.07) is 19.3. The number of hydrogen-bond acceptors (Lipinski definition) is 7. The van der Waals surface area contributed by atoms with Gasteiger partial charge in [0.1, 0.15) is 17.8 Å². The van der Waals surface area contributed by atoms with Crippen molar-refractivity contribution in [3.8, 4) is 17.2 Å². The first-order valence-electron chi connectivity index (χ1n) is 12.0. The minimum atomic E-state index is -4.11. The highest BCUT2D eigenvalue weighted by Crippen LogP contribution is 2.33. The molecule has 0 aliphatic rings. The van der Waals surface area contributed by atoms with Crippen molar-refractivity contribution in [1.29, 1.82) is 0 Å². The first kappa shape index (κ1) is 27.0. The van der Waals surface area contributed by atoms with Gasteiger partial charge in [0.2, 0.25) is 0 Å². The van der Waals surface area contributed by atoms with E-state index in [1.54, 1.807) is 61.7 Å². The Bertz CT molecular complexity index is 1870. The largest absolute Gasteiger partial charge is 0.497 e. The summed E-state index contributed by atoms with van der Waals surface area (Å²) in [4.78, 5) is 13.1. The second-order valence-electron chi connectivity index (χ2n) is 8.69. The number of fused-ring (bicyclic) bond motifs is 1. The number of aromatic nitrogens is 2. The van der Waals surface area contributed by atoms with E-state index in [0.717, 1.165) is 4.31 Å². The number of rotatable bonds is 9. The first-order chi connectivity index (χ1) is 19.3. The van der Waals surface area contributed by atoms with E-state index in [-0.39, 0.29) is 22.8 Å². The van der Waals surface area contributed by atoms with Gasteiger partial charge < -0.3 is 14.0 Å². The molecule has 3 aromatic carbocycles. The summed E-state index contributed by atoms with van der Waals surface area (Å²) in [5.74, 6) is 1.18. The first-order valence-corrected chi connectivity index (χ1v) is 13.8. The van der Waals surface area contributed by atoms with Crippen LogP contribution in [0.3, 0.4) is 0 Å². The summed E-state index contributed by atoms with van der Waals surface area (Å²) >= 11 is 6.42. The summed E-state index contributed by atoms with van der Waals surface area (Å²) < 4.78 is 46.2. The Morgan fingerprint density at radius 1 is 1.02 bits per heavy atom. The summed E-state index contributed by atoms with van der Waals surface area (Å²) in [7, 11) is -1.07. The smallest absolute Gasteiger partial charge is 0.265 e. The molecule has 0 radical (unpaired) electrons. The van der Waals surface area contributed by atoms with Gasteiger partial charge in [-0.3, -0.25) is 9.36 Å². The van der Waals surface area contributed by atoms with E-state index in [1.807, 2.05) is 0 Å². The number of halogens is 1. The molecule has 0 N–H and O–H groups in total. The molecule has 0 saturated carbocycles. The SMILES string of the molecule is C=Cc1cc(OC)c(-n2c(=O)ccc3cc(S(=O)(=O)N(Cc4ccc(OC)cc4)c4ccon4)ccc32)cc1Cl. The molecule has 0 atom stereocenters. The van der Waals surface area contributed by atoms with Crippen LogP contribution in [0.1, 0.15) is 11.1 Å². The van der Waals surface area contributed by atoms with E-state index in [2.05, 4.69) is 11.7 Å². The Morgan fingerprint density at radius 2 is 1.80 bits per heavy atom. The predicted octanol–water partition coefficient (Wildman–Crippen LogP) is 5.69. The van der Waals surface area contributed by atoms with Gasteiger partial charge in [-0.1, -0.05) is 41.5 Å². The minimum Gasteiger partial charge on any atom is -0.497 e. The average molecular weight is 578 g/mol. The Balaban J connectivity index is 1.62. The second kappa shape index (κ2) is 10.9. The Morgan fingerprint density at radius 3 is 2.45 bits per heavy atom. The Labute approximate surface area is 235 Å². The zero-order valence-electron chi connectivity index (χ0n) is 21.6. The van der Waals surface area contributed by atoms with Crippen LogP contribution < -0.4 is 19.3 Å². The van der Waals surface area contributed by atoms with Gasteiger partial charge >= 0.3 is 0 Å². The van der Waals surface area contributed by atoms with Crippen molar-refractivity contribution in [2.75, 3.05) is 18.5 Å². The highest BCUT2D eigenvalue weighted by atomic mass is 35.5. The normalized spacial score (nSPS) is 11.4. The topological polar surface area (TPSA) is 104 Å². The minimum absolute atomic E-state index is 0.00173. The average Bonchev–Trinajstić information content (AvgIpc) is 3.50. The van der Waals surface area contributed by atoms with Gasteiger partial charge in [-0.25, -0.2) is 12.7 Å². The molecule has 0 fully saturated rings. The number of sulfonamides is 1. The molecule has 204 valence electrons. The zero-order valence-corrected chi connectivity index (χ0v) is 23.1. The van der Waals surface area contributed by atoms with Crippen LogP contribution >= 0.6 is 11.6 Å². The van der Waals surface area contributed by atoms with Crippen molar-refractivity contribution in [2.24, 2.45) is 0 Å². The molecule has 0 saturated heterocycles. The summed E-state index contributed by atoms with van der Waals surface area (Å²) in [6.45, 7) is 3.75. The Hall–Kier alpha value is -4.54. The summed E-state index contributed by atoms with van der Waals surface area (Å²) in [6.07, 6.45) is 2.89. The van der Waals surface area contributed by atoms with Crippen LogP contribution in [-0.2, 0) is 16.6 Å². The molecule has 40 heavy (non-hydrogen) atoms. The van der Waals surface area contributed by atoms with Crippen molar-refractivity contribution in [1.82, 2.24) is 9.72 Å². The van der Waals surface area contributed by atoms with Crippen molar-refractivity contribution >= 4 is 44.4 Å². The van der Waals surface area contributed by atoms with E-state index >= 15 is 0 Å². The van der Waals surface area contributed by atoms with Gasteiger partial charge in [0, 0.05) is 17.5 Å². The van der Waals surface area contributed by atoms with Crippen molar-refractivity contribution in [3.63, 3.8) is 0 Å². The van der Waals surface area contributed by atoms with E-state index in [1.165, 1.54) is 42.2 Å². The lowest BCUT2D eigenvalue weighted by Crippen LogP contribution is -2.31. The molecular formula is C29H24ClN3O6S. The van der Waals surface area contributed by atoms with Gasteiger partial charge in [-0.05, 0) is 59.7 Å². The molecule has 0 bridgehead atoms. The third kappa shape index (κ3) is 4.94. The highest BCUT2D eigenvalue weighted by Gasteiger charge is 2.28. The fourth-order valence-electron chi connectivity index (χ4n) is 4.33. The number of hydrogen-bond donors (Lipinski definition) is 0. The number of benzene rings is 3. The number of anilines is 1. The lowest BCUT2D eigenvalue weighted by Gasteiger charge is -2.22. The standard InChI is InChI=1S/C29H24ClN3O6S/c1-4-20-16-27(38-3)26(17-24(20)30)33-25-11-10-23(15-21(25)7-12-29(33)34)40(35,36)32(28-13-14-39-31-28)18-19-5-8-22(37-2)9-6-19/h4-17H,1,18H2,2-3H3. The third-order valence-corrected chi connectivity index (χ3v) is 8.45. The van der Waals surface area contributed by atoms with Crippen LogP contribution in [0.15, 0.2) is 99.9 Å². The molecule has 0 aliphatic carbocycles. The van der Waals surface area contributed by atoms with Gasteiger partial charge in [0.15, 0.2) is 5.82 Å². The number of nitrogens with zero attached hydrogens (tertiary/aromatic N) is 3. The van der Waals surface area contributed by atoms with Gasteiger partial charge in [0.05, 0.1) is 41.9 Å². The van der Waals surface area contributed by atoms with E-state index in [4.69, 9.17) is 25.6 Å². The van der Waals surface area contributed by atoms with Crippen molar-refractivity contribution < 1.29 is 22.4 Å². The summed E-state index contributed by atoms with van der Waals surface area (Å²) in [5.41, 5.74) is 1.90. The highest BCUT2D eigenvalue weighted by molar-refractivity contribution is 7.92. The molecule has 2 heterocycles. The number of methoxy groups -OCH3 is 2. The molecule has 0 unspecified atom stereocenters. The quantitative estimate of drug-likeness (QED) is 0.222. The fourth-order valence-corrected chi connectivity index (χ4v) is 6.00. The molecule has 2 aromatic heterocycles. The number of pyridine rings is 1. The fraction of sp³-hybridized carbons (Fsp3) is 0.103. The van der Waals surface area contributed by atoms with E-state index < -0.39 is 10.0 Å². The van der Waals surface area contributed by atoms with E-state index in [0.29, 0.717) is 44.2 Å². The molecule has 11 heteroatoms. The van der Waals surface area contributed by atoms with Crippen LogP contribution in [0.4, 0.5) is 5.82 Å². The maximum Gasteiger partial charge on any atom is 0.265 e. The van der Waals surface area contributed by atoms with Crippen molar-refractivity contribution in [2.45, 2.75) is 11.4 Å². The maximum absolute atomic E-state index is 13.9. The molecule has 5 rings (SSSR count). The van der Waals surface area contributed by atoms with Crippen LogP contribution in [0, 0.1) is 0 Å². The molecule has 0 spiro atoms. The lowest BCUT2D eigenvalue weighted by molar-refractivity contribution is 0.413. The Kier molecular flexibility index (Phi) is 7.38. The van der Waals surface area contributed by atoms with Gasteiger partial charge in [-0.15, -0.1) is 0 Å². The zero-order chi connectivity index (χ0) is 28.4. The molecule has 5 aromatic rings. The predicted molar refractivity (Wildman–Crippen MR) is 154 cm³/mol. The van der Waals surface area contributed by atoms with Gasteiger partial charge in [-0.2, -0.15) is 0 Å². The lowest BCUT2D eigenvalue weighted by atomic mass is 10.1. The van der Waals surface area contributed by atoms with E-state index in [9.17, 15) is 13.2 Å². The van der Waals surface area contributed by atoms with Crippen LogP contribution in [0.2, 0.25) is 5.02 Å². The summed E-state index contributed by atoms with van der Waals surface area (Å²) in [5, 5.41) is 4.77. The second-order valence-corrected chi connectivity index (χ2v) is 11.0. The molecule has 9 nitrogen and oxygen atoms in total. The maximum atomic E-state index is 13.9. The van der Waals surface area contributed by atoms with Crippen molar-refractivity contribution in [3.05, 3.63) is 112 Å². The van der Waals surface area contributed by atoms with Crippen LogP contribution in [0.5, 0.6) is 11.5 Å².